The van der Waals surface area contributed by atoms with Gasteiger partial charge in [0.2, 0.25) is 0 Å². The van der Waals surface area contributed by atoms with E-state index in [1.807, 2.05) is 17.8 Å². The number of benzene rings is 1. The molecule has 4 nitrogen and oxygen atoms in total. The molecule has 2 heterocycles. The van der Waals surface area contributed by atoms with E-state index in [9.17, 15) is 9.18 Å². The van der Waals surface area contributed by atoms with Gasteiger partial charge in [0.05, 0.1) is 0 Å². The molecule has 0 aliphatic carbocycles. The molecule has 0 atom stereocenters. The summed E-state index contributed by atoms with van der Waals surface area (Å²) in [7, 11) is 0. The van der Waals surface area contributed by atoms with Crippen LogP contribution in [0.4, 0.5) is 14.9 Å². The second kappa shape index (κ2) is 7.90. The molecule has 2 aliphatic rings. The highest BCUT2D eigenvalue weighted by atomic mass is 32.2. The largest absolute Gasteiger partial charge is 0.371 e. The number of nitrogens with zero attached hydrogens (tertiary/aromatic N) is 1. The van der Waals surface area contributed by atoms with E-state index >= 15 is 0 Å². The van der Waals surface area contributed by atoms with Gasteiger partial charge in [-0.25, -0.2) is 9.18 Å². The summed E-state index contributed by atoms with van der Waals surface area (Å²) < 4.78 is 13.3. The molecular weight excluding hydrogens is 313 g/mol. The fourth-order valence-corrected chi connectivity index (χ4v) is 4.32. The molecule has 6 heteroatoms. The number of rotatable bonds is 3. The van der Waals surface area contributed by atoms with Crippen molar-refractivity contribution >= 4 is 23.5 Å². The Hall–Kier alpha value is -1.43. The van der Waals surface area contributed by atoms with Gasteiger partial charge in [-0.2, -0.15) is 11.8 Å². The van der Waals surface area contributed by atoms with Crippen LogP contribution in [0.25, 0.3) is 0 Å². The van der Waals surface area contributed by atoms with E-state index in [1.54, 1.807) is 12.1 Å². The van der Waals surface area contributed by atoms with Crippen molar-refractivity contribution in [3.8, 4) is 0 Å². The van der Waals surface area contributed by atoms with E-state index in [4.69, 9.17) is 0 Å². The molecule has 3 rings (SSSR count). The molecule has 0 spiro atoms. The molecule has 2 N–H and O–H groups in total. The van der Waals surface area contributed by atoms with Crippen LogP contribution in [0.2, 0.25) is 0 Å². The number of thioether (sulfide) groups is 1. The highest BCUT2D eigenvalue weighted by Gasteiger charge is 2.22. The van der Waals surface area contributed by atoms with Crippen LogP contribution in [0, 0.1) is 5.82 Å². The Morgan fingerprint density at radius 1 is 1.09 bits per heavy atom. The summed E-state index contributed by atoms with van der Waals surface area (Å²) in [5.74, 6) is 2.07. The number of piperidine rings is 1. The maximum atomic E-state index is 13.3. The predicted octanol–water partition coefficient (Wildman–Crippen LogP) is 2.99. The quantitative estimate of drug-likeness (QED) is 0.891. The average Bonchev–Trinajstić information content (AvgIpc) is 2.56. The van der Waals surface area contributed by atoms with Crippen LogP contribution in [-0.2, 0) is 0 Å². The van der Waals surface area contributed by atoms with Gasteiger partial charge in [0.1, 0.15) is 5.82 Å². The van der Waals surface area contributed by atoms with E-state index < -0.39 is 0 Å². The van der Waals surface area contributed by atoms with E-state index in [0.29, 0.717) is 6.04 Å². The Bertz CT molecular complexity index is 528. The summed E-state index contributed by atoms with van der Waals surface area (Å²) in [5.41, 5.74) is 0.924. The lowest BCUT2D eigenvalue weighted by Gasteiger charge is -2.34. The number of halogens is 1. The van der Waals surface area contributed by atoms with Gasteiger partial charge in [-0.3, -0.25) is 0 Å². The van der Waals surface area contributed by atoms with E-state index in [0.717, 1.165) is 56.0 Å². The lowest BCUT2D eigenvalue weighted by Crippen LogP contribution is -2.50. The first kappa shape index (κ1) is 16.4. The molecule has 0 unspecified atom stereocenters. The maximum absolute atomic E-state index is 13.3. The molecule has 2 fully saturated rings. The Labute approximate surface area is 141 Å². The van der Waals surface area contributed by atoms with Crippen molar-refractivity contribution in [1.82, 2.24) is 10.6 Å². The molecule has 2 saturated heterocycles. The monoisotopic (exact) mass is 337 g/mol. The zero-order chi connectivity index (χ0) is 16.1. The number of urea groups is 1. The van der Waals surface area contributed by atoms with Crippen molar-refractivity contribution in [2.24, 2.45) is 0 Å². The lowest BCUT2D eigenvalue weighted by molar-refractivity contribution is 0.229. The molecule has 0 aromatic heterocycles. The molecule has 2 aliphatic heterocycles. The Balaban J connectivity index is 1.42. The van der Waals surface area contributed by atoms with Gasteiger partial charge in [0.25, 0.3) is 0 Å². The van der Waals surface area contributed by atoms with Crippen LogP contribution in [-0.4, -0.2) is 42.7 Å². The van der Waals surface area contributed by atoms with E-state index in [2.05, 4.69) is 15.5 Å². The standard InChI is InChI=1S/C17H24FN3OS/c18-13-2-1-3-16(12-13)21-8-4-14(5-9-21)19-17(22)20-15-6-10-23-11-7-15/h1-3,12,14-15H,4-11H2,(H2,19,20,22). The number of anilines is 1. The number of amides is 2. The minimum absolute atomic E-state index is 0.0360. The third-order valence-corrected chi connectivity index (χ3v) is 5.61. The van der Waals surface area contributed by atoms with E-state index in [1.165, 1.54) is 6.07 Å². The molecule has 0 bridgehead atoms. The SMILES string of the molecule is O=C(NC1CCSCC1)NC1CCN(c2cccc(F)c2)CC1. The molecule has 126 valence electrons. The van der Waals surface area contributed by atoms with Crippen LogP contribution in [0.1, 0.15) is 25.7 Å². The summed E-state index contributed by atoms with van der Waals surface area (Å²) in [6.45, 7) is 1.68. The Kier molecular flexibility index (Phi) is 5.65. The normalized spacial score (nSPS) is 20.3. The van der Waals surface area contributed by atoms with Crippen LogP contribution < -0.4 is 15.5 Å². The van der Waals surface area contributed by atoms with Crippen LogP contribution >= 0.6 is 11.8 Å². The van der Waals surface area contributed by atoms with E-state index in [-0.39, 0.29) is 17.9 Å². The minimum Gasteiger partial charge on any atom is -0.371 e. The van der Waals surface area contributed by atoms with Gasteiger partial charge < -0.3 is 15.5 Å². The van der Waals surface area contributed by atoms with Crippen LogP contribution in [0.5, 0.6) is 0 Å². The van der Waals surface area contributed by atoms with Crippen molar-refractivity contribution in [3.05, 3.63) is 30.1 Å². The molecule has 1 aromatic carbocycles. The number of hydrogen-bond acceptors (Lipinski definition) is 3. The van der Waals surface area contributed by atoms with Crippen LogP contribution in [0.15, 0.2) is 24.3 Å². The first-order valence-corrected chi connectivity index (χ1v) is 9.51. The number of hydrogen-bond donors (Lipinski definition) is 2. The molecular formula is C17H24FN3OS. The van der Waals surface area contributed by atoms with Crippen molar-refractivity contribution < 1.29 is 9.18 Å². The summed E-state index contributed by atoms with van der Waals surface area (Å²) in [6.07, 6.45) is 3.92. The topological polar surface area (TPSA) is 44.4 Å². The fraction of sp³-hybridized carbons (Fsp3) is 0.588. The summed E-state index contributed by atoms with van der Waals surface area (Å²) in [4.78, 5) is 14.3. The maximum Gasteiger partial charge on any atom is 0.315 e. The Morgan fingerprint density at radius 3 is 2.39 bits per heavy atom. The first-order chi connectivity index (χ1) is 11.2. The van der Waals surface area contributed by atoms with Gasteiger partial charge in [-0.05, 0) is 55.4 Å². The number of carbonyl (C=O) groups is 1. The summed E-state index contributed by atoms with van der Waals surface area (Å²) >= 11 is 1.96. The molecule has 23 heavy (non-hydrogen) atoms. The second-order valence-corrected chi connectivity index (χ2v) is 7.47. The van der Waals surface area contributed by atoms with Gasteiger partial charge in [0.15, 0.2) is 0 Å². The predicted molar refractivity (Wildman–Crippen MR) is 93.6 cm³/mol. The van der Waals surface area contributed by atoms with Crippen LogP contribution in [0.3, 0.4) is 0 Å². The van der Waals surface area contributed by atoms with Gasteiger partial charge in [0, 0.05) is 30.9 Å². The summed E-state index contributed by atoms with van der Waals surface area (Å²) in [6, 6.07) is 7.20. The first-order valence-electron chi connectivity index (χ1n) is 8.36. The van der Waals surface area contributed by atoms with Crippen molar-refractivity contribution in [2.75, 3.05) is 29.5 Å². The average molecular weight is 337 g/mol. The molecule has 1 aromatic rings. The highest BCUT2D eigenvalue weighted by Crippen LogP contribution is 2.21. The Morgan fingerprint density at radius 2 is 1.74 bits per heavy atom. The zero-order valence-electron chi connectivity index (χ0n) is 13.3. The van der Waals surface area contributed by atoms with Gasteiger partial charge in [-0.1, -0.05) is 6.07 Å². The third kappa shape index (κ3) is 4.77. The highest BCUT2D eigenvalue weighted by molar-refractivity contribution is 7.99. The molecule has 0 saturated carbocycles. The molecule has 2 amide bonds. The fourth-order valence-electron chi connectivity index (χ4n) is 3.21. The molecule has 0 radical (unpaired) electrons. The van der Waals surface area contributed by atoms with Crippen molar-refractivity contribution in [3.63, 3.8) is 0 Å². The minimum atomic E-state index is -0.201. The van der Waals surface area contributed by atoms with Gasteiger partial charge >= 0.3 is 6.03 Å². The van der Waals surface area contributed by atoms with Crippen molar-refractivity contribution in [1.29, 1.82) is 0 Å². The lowest BCUT2D eigenvalue weighted by atomic mass is 10.0. The number of nitrogens with one attached hydrogen (secondary N) is 2. The third-order valence-electron chi connectivity index (χ3n) is 4.56. The second-order valence-electron chi connectivity index (χ2n) is 6.25. The summed E-state index contributed by atoms with van der Waals surface area (Å²) in [5, 5.41) is 6.18. The van der Waals surface area contributed by atoms with Gasteiger partial charge in [-0.15, -0.1) is 0 Å². The van der Waals surface area contributed by atoms with Crippen molar-refractivity contribution in [2.45, 2.75) is 37.8 Å². The number of carbonyl (C=O) groups excluding carboxylic acids is 1. The zero-order valence-corrected chi connectivity index (χ0v) is 14.1. The smallest absolute Gasteiger partial charge is 0.315 e.